The van der Waals surface area contributed by atoms with E-state index in [-0.39, 0.29) is 6.10 Å². The van der Waals surface area contributed by atoms with Crippen molar-refractivity contribution in [1.82, 2.24) is 14.9 Å². The van der Waals surface area contributed by atoms with E-state index in [9.17, 15) is 0 Å². The van der Waals surface area contributed by atoms with Gasteiger partial charge in [-0.1, -0.05) is 6.92 Å². The number of hydrogen-bond donors (Lipinski definition) is 1. The van der Waals surface area contributed by atoms with Crippen molar-refractivity contribution in [2.24, 2.45) is 0 Å². The van der Waals surface area contributed by atoms with Crippen LogP contribution in [-0.2, 0) is 4.74 Å². The highest BCUT2D eigenvalue weighted by molar-refractivity contribution is 5.37. The topological polar surface area (TPSA) is 59.5 Å². The van der Waals surface area contributed by atoms with Gasteiger partial charge in [0, 0.05) is 25.7 Å². The van der Waals surface area contributed by atoms with Crippen LogP contribution in [0.3, 0.4) is 0 Å². The first kappa shape index (κ1) is 14.0. The summed E-state index contributed by atoms with van der Waals surface area (Å²) in [5.74, 6) is 1.39. The molecule has 0 aromatic carbocycles. The van der Waals surface area contributed by atoms with Crippen LogP contribution in [0.1, 0.15) is 13.3 Å². The Morgan fingerprint density at radius 1 is 1.53 bits per heavy atom. The second kappa shape index (κ2) is 7.25. The molecular weight excluding hydrogens is 244 g/mol. The van der Waals surface area contributed by atoms with Crippen LogP contribution >= 0.6 is 0 Å². The van der Waals surface area contributed by atoms with Gasteiger partial charge in [-0.15, -0.1) is 0 Å². The Labute approximate surface area is 114 Å². The Bertz CT molecular complexity index is 389. The van der Waals surface area contributed by atoms with Crippen LogP contribution in [0.25, 0.3) is 0 Å². The smallest absolute Gasteiger partial charge is 0.218 e. The van der Waals surface area contributed by atoms with Gasteiger partial charge in [-0.05, 0) is 13.5 Å². The Balaban J connectivity index is 1.81. The maximum atomic E-state index is 5.69. The monoisotopic (exact) mass is 266 g/mol. The average Bonchev–Trinajstić information content (AvgIpc) is 2.43. The van der Waals surface area contributed by atoms with Gasteiger partial charge < -0.3 is 19.7 Å². The number of nitrogens with zero attached hydrogens (tertiary/aromatic N) is 3. The molecule has 0 aliphatic carbocycles. The Hall–Kier alpha value is -1.40. The molecule has 106 valence electrons. The lowest BCUT2D eigenvalue weighted by atomic mass is 10.3. The molecule has 0 amide bonds. The predicted octanol–water partition coefficient (Wildman–Crippen LogP) is 1.01. The van der Waals surface area contributed by atoms with Crippen molar-refractivity contribution in [3.05, 3.63) is 12.4 Å². The number of hydrogen-bond acceptors (Lipinski definition) is 6. The number of ether oxygens (including phenoxy) is 2. The molecule has 0 bridgehead atoms. The van der Waals surface area contributed by atoms with Crippen LogP contribution in [0.2, 0.25) is 0 Å². The van der Waals surface area contributed by atoms with E-state index < -0.39 is 0 Å². The van der Waals surface area contributed by atoms with Crippen molar-refractivity contribution in [3.63, 3.8) is 0 Å². The first-order chi connectivity index (χ1) is 9.28. The molecule has 1 saturated heterocycles. The van der Waals surface area contributed by atoms with Gasteiger partial charge in [0.1, 0.15) is 12.1 Å². The quantitative estimate of drug-likeness (QED) is 0.829. The fraction of sp³-hybridized carbons (Fsp3) is 0.692. The summed E-state index contributed by atoms with van der Waals surface area (Å²) in [5.41, 5.74) is 0. The van der Waals surface area contributed by atoms with Crippen molar-refractivity contribution < 1.29 is 9.47 Å². The van der Waals surface area contributed by atoms with Gasteiger partial charge in [0.05, 0.1) is 19.3 Å². The Kier molecular flexibility index (Phi) is 5.35. The van der Waals surface area contributed by atoms with Crippen molar-refractivity contribution in [2.45, 2.75) is 19.4 Å². The molecule has 0 saturated carbocycles. The lowest BCUT2D eigenvalue weighted by molar-refractivity contribution is -0.0117. The molecule has 1 fully saturated rings. The maximum Gasteiger partial charge on any atom is 0.218 e. The minimum atomic E-state index is 0.203. The van der Waals surface area contributed by atoms with Crippen LogP contribution in [0.15, 0.2) is 12.4 Å². The van der Waals surface area contributed by atoms with Gasteiger partial charge in [-0.25, -0.2) is 9.97 Å². The highest BCUT2D eigenvalue weighted by atomic mass is 16.5. The Morgan fingerprint density at radius 2 is 2.42 bits per heavy atom. The summed E-state index contributed by atoms with van der Waals surface area (Å²) >= 11 is 0. The highest BCUT2D eigenvalue weighted by Gasteiger charge is 2.17. The van der Waals surface area contributed by atoms with Gasteiger partial charge in [-0.2, -0.15) is 0 Å². The van der Waals surface area contributed by atoms with E-state index in [2.05, 4.69) is 34.2 Å². The molecule has 2 rings (SSSR count). The maximum absolute atomic E-state index is 5.69. The molecule has 1 unspecified atom stereocenters. The summed E-state index contributed by atoms with van der Waals surface area (Å²) in [6, 6.07) is 1.82. The van der Waals surface area contributed by atoms with Gasteiger partial charge >= 0.3 is 0 Å². The molecule has 1 aliphatic rings. The van der Waals surface area contributed by atoms with E-state index in [1.807, 2.05) is 6.07 Å². The molecule has 6 nitrogen and oxygen atoms in total. The summed E-state index contributed by atoms with van der Waals surface area (Å²) in [6.45, 7) is 6.21. The predicted molar refractivity (Wildman–Crippen MR) is 73.5 cm³/mol. The minimum absolute atomic E-state index is 0.203. The summed E-state index contributed by atoms with van der Waals surface area (Å²) in [4.78, 5) is 10.5. The van der Waals surface area contributed by atoms with E-state index in [1.54, 1.807) is 0 Å². The fourth-order valence-electron chi connectivity index (χ4n) is 1.93. The summed E-state index contributed by atoms with van der Waals surface area (Å²) in [7, 11) is 2.11. The van der Waals surface area contributed by atoms with Gasteiger partial charge in [-0.3, -0.25) is 0 Å². The Morgan fingerprint density at radius 3 is 3.21 bits per heavy atom. The number of morpholine rings is 1. The summed E-state index contributed by atoms with van der Waals surface area (Å²) in [5, 5.41) is 3.27. The number of aromatic nitrogens is 2. The fourth-order valence-corrected chi connectivity index (χ4v) is 1.93. The summed E-state index contributed by atoms with van der Waals surface area (Å²) < 4.78 is 11.2. The van der Waals surface area contributed by atoms with E-state index in [1.165, 1.54) is 6.33 Å². The molecule has 6 heteroatoms. The standard InChI is InChI=1S/C13H22N4O2/c1-3-5-19-13-7-12(15-10-16-13)14-8-11-9-17(2)4-6-18-11/h7,10-11H,3-6,8-9H2,1-2H3,(H,14,15,16). The van der Waals surface area contributed by atoms with Gasteiger partial charge in [0.2, 0.25) is 5.88 Å². The molecule has 0 spiro atoms. The largest absolute Gasteiger partial charge is 0.478 e. The lowest BCUT2D eigenvalue weighted by Gasteiger charge is -2.30. The lowest BCUT2D eigenvalue weighted by Crippen LogP contribution is -2.43. The van der Waals surface area contributed by atoms with Crippen LogP contribution in [0.5, 0.6) is 5.88 Å². The normalized spacial score (nSPS) is 20.2. The minimum Gasteiger partial charge on any atom is -0.478 e. The average molecular weight is 266 g/mol. The molecule has 2 heterocycles. The van der Waals surface area contributed by atoms with E-state index in [0.29, 0.717) is 12.5 Å². The van der Waals surface area contributed by atoms with Crippen LogP contribution in [-0.4, -0.2) is 60.9 Å². The molecule has 19 heavy (non-hydrogen) atoms. The van der Waals surface area contributed by atoms with Gasteiger partial charge in [0.25, 0.3) is 0 Å². The SMILES string of the molecule is CCCOc1cc(NCC2CN(C)CCO2)ncn1. The first-order valence-electron chi connectivity index (χ1n) is 6.76. The second-order valence-corrected chi connectivity index (χ2v) is 4.73. The van der Waals surface area contributed by atoms with Gasteiger partial charge in [0.15, 0.2) is 0 Å². The zero-order chi connectivity index (χ0) is 13.5. The summed E-state index contributed by atoms with van der Waals surface area (Å²) in [6.07, 6.45) is 2.68. The number of anilines is 1. The number of nitrogens with one attached hydrogen (secondary N) is 1. The number of likely N-dealkylation sites (N-methyl/N-ethyl adjacent to an activating group) is 1. The van der Waals surface area contributed by atoms with Crippen molar-refractivity contribution in [2.75, 3.05) is 45.2 Å². The molecular formula is C13H22N4O2. The molecule has 1 N–H and O–H groups in total. The third-order valence-electron chi connectivity index (χ3n) is 2.95. The van der Waals surface area contributed by atoms with Crippen LogP contribution in [0.4, 0.5) is 5.82 Å². The van der Waals surface area contributed by atoms with E-state index in [4.69, 9.17) is 9.47 Å². The van der Waals surface area contributed by atoms with Crippen LogP contribution < -0.4 is 10.1 Å². The zero-order valence-corrected chi connectivity index (χ0v) is 11.6. The van der Waals surface area contributed by atoms with Crippen molar-refractivity contribution in [3.8, 4) is 5.88 Å². The van der Waals surface area contributed by atoms with Crippen molar-refractivity contribution >= 4 is 5.82 Å². The zero-order valence-electron chi connectivity index (χ0n) is 11.6. The number of rotatable bonds is 6. The second-order valence-electron chi connectivity index (χ2n) is 4.73. The highest BCUT2D eigenvalue weighted by Crippen LogP contribution is 2.12. The van der Waals surface area contributed by atoms with E-state index in [0.717, 1.165) is 38.5 Å². The molecule has 1 atom stereocenters. The first-order valence-corrected chi connectivity index (χ1v) is 6.76. The third-order valence-corrected chi connectivity index (χ3v) is 2.95. The molecule has 1 aromatic rings. The molecule has 1 aromatic heterocycles. The molecule has 0 radical (unpaired) electrons. The van der Waals surface area contributed by atoms with E-state index >= 15 is 0 Å². The van der Waals surface area contributed by atoms with Crippen molar-refractivity contribution in [1.29, 1.82) is 0 Å². The van der Waals surface area contributed by atoms with Crippen LogP contribution in [0, 0.1) is 0 Å². The third kappa shape index (κ3) is 4.65. The molecule has 1 aliphatic heterocycles.